The summed E-state index contributed by atoms with van der Waals surface area (Å²) in [6.45, 7) is 5.84. The smallest absolute Gasteiger partial charge is 0.190 e. The molecule has 1 fully saturated rings. The van der Waals surface area contributed by atoms with Gasteiger partial charge in [-0.1, -0.05) is 12.8 Å². The third-order valence-corrected chi connectivity index (χ3v) is 4.63. The summed E-state index contributed by atoms with van der Waals surface area (Å²) in [5.41, 5.74) is 0. The highest BCUT2D eigenvalue weighted by Gasteiger charge is 2.08. The summed E-state index contributed by atoms with van der Waals surface area (Å²) < 4.78 is 0. The molecule has 0 amide bonds. The lowest BCUT2D eigenvalue weighted by Gasteiger charge is -2.20. The van der Waals surface area contributed by atoms with Crippen molar-refractivity contribution in [2.75, 3.05) is 51.8 Å². The SMILES string of the molecule is CN=C(NCCCCSC)NCCCN1CCCCCC1. The van der Waals surface area contributed by atoms with Crippen molar-refractivity contribution in [2.24, 2.45) is 4.99 Å². The van der Waals surface area contributed by atoms with Gasteiger partial charge in [0.25, 0.3) is 0 Å². The second-order valence-corrected chi connectivity index (χ2v) is 6.72. The van der Waals surface area contributed by atoms with Crippen LogP contribution in [0.5, 0.6) is 0 Å². The van der Waals surface area contributed by atoms with E-state index >= 15 is 0 Å². The van der Waals surface area contributed by atoms with Gasteiger partial charge in [0.1, 0.15) is 0 Å². The maximum absolute atomic E-state index is 4.28. The molecule has 1 heterocycles. The van der Waals surface area contributed by atoms with Crippen LogP contribution in [0.1, 0.15) is 44.9 Å². The van der Waals surface area contributed by atoms with E-state index in [2.05, 4.69) is 26.8 Å². The van der Waals surface area contributed by atoms with E-state index in [1.54, 1.807) is 0 Å². The number of thioether (sulfide) groups is 1. The summed E-state index contributed by atoms with van der Waals surface area (Å²) in [6.07, 6.45) is 11.5. The van der Waals surface area contributed by atoms with Gasteiger partial charge in [-0.15, -0.1) is 0 Å². The monoisotopic (exact) mass is 314 g/mol. The first kappa shape index (κ1) is 18.6. The molecule has 0 aliphatic carbocycles. The molecule has 0 aromatic carbocycles. The van der Waals surface area contributed by atoms with Gasteiger partial charge in [-0.25, -0.2) is 0 Å². The molecular formula is C16H34N4S. The summed E-state index contributed by atoms with van der Waals surface area (Å²) in [5, 5.41) is 6.82. The Balaban J connectivity index is 2.01. The number of hydrogen-bond donors (Lipinski definition) is 2. The highest BCUT2D eigenvalue weighted by molar-refractivity contribution is 7.98. The summed E-state index contributed by atoms with van der Waals surface area (Å²) in [6, 6.07) is 0. The van der Waals surface area contributed by atoms with Crippen molar-refractivity contribution >= 4 is 17.7 Å². The highest BCUT2D eigenvalue weighted by Crippen LogP contribution is 2.09. The van der Waals surface area contributed by atoms with Crippen molar-refractivity contribution in [1.82, 2.24) is 15.5 Å². The molecule has 1 aliphatic rings. The minimum atomic E-state index is 0.954. The number of likely N-dealkylation sites (tertiary alicyclic amines) is 1. The Labute approximate surface area is 135 Å². The number of rotatable bonds is 9. The Morgan fingerprint density at radius 1 is 1.00 bits per heavy atom. The number of guanidine groups is 1. The van der Waals surface area contributed by atoms with Crippen molar-refractivity contribution in [2.45, 2.75) is 44.9 Å². The molecule has 0 aromatic rings. The molecule has 5 heteroatoms. The molecule has 1 rings (SSSR count). The first-order valence-corrected chi connectivity index (χ1v) is 9.92. The molecule has 0 bridgehead atoms. The van der Waals surface area contributed by atoms with Gasteiger partial charge < -0.3 is 15.5 Å². The van der Waals surface area contributed by atoms with Crippen LogP contribution in [0.15, 0.2) is 4.99 Å². The highest BCUT2D eigenvalue weighted by atomic mass is 32.2. The maximum Gasteiger partial charge on any atom is 0.190 e. The molecule has 0 aromatic heterocycles. The van der Waals surface area contributed by atoms with Crippen LogP contribution in [0, 0.1) is 0 Å². The fourth-order valence-corrected chi connectivity index (χ4v) is 3.16. The fourth-order valence-electron chi connectivity index (χ4n) is 2.67. The molecule has 0 saturated carbocycles. The van der Waals surface area contributed by atoms with E-state index in [4.69, 9.17) is 0 Å². The number of nitrogens with one attached hydrogen (secondary N) is 2. The van der Waals surface area contributed by atoms with Gasteiger partial charge in [0, 0.05) is 20.1 Å². The van der Waals surface area contributed by atoms with Crippen LogP contribution in [0.25, 0.3) is 0 Å². The zero-order valence-electron chi connectivity index (χ0n) is 14.0. The standard InChI is InChI=1S/C16H34N4S/c1-17-16(18-10-5-8-15-21-2)19-11-9-14-20-12-6-3-4-7-13-20/h3-15H2,1-2H3,(H2,17,18,19). The summed E-state index contributed by atoms with van der Waals surface area (Å²) >= 11 is 1.92. The number of hydrogen-bond acceptors (Lipinski definition) is 3. The second kappa shape index (κ2) is 13.3. The van der Waals surface area contributed by atoms with Gasteiger partial charge in [-0.3, -0.25) is 4.99 Å². The number of aliphatic imine (C=N–C) groups is 1. The van der Waals surface area contributed by atoms with Crippen molar-refractivity contribution in [1.29, 1.82) is 0 Å². The summed E-state index contributed by atoms with van der Waals surface area (Å²) in [5.74, 6) is 2.21. The van der Waals surface area contributed by atoms with E-state index in [9.17, 15) is 0 Å². The third-order valence-electron chi connectivity index (χ3n) is 3.93. The largest absolute Gasteiger partial charge is 0.356 e. The van der Waals surface area contributed by atoms with E-state index in [-0.39, 0.29) is 0 Å². The van der Waals surface area contributed by atoms with E-state index in [0.717, 1.165) is 19.0 Å². The lowest BCUT2D eigenvalue weighted by Crippen LogP contribution is -2.39. The Morgan fingerprint density at radius 3 is 2.29 bits per heavy atom. The minimum absolute atomic E-state index is 0.954. The van der Waals surface area contributed by atoms with Crippen LogP contribution in [0.4, 0.5) is 0 Å². The first-order valence-electron chi connectivity index (χ1n) is 8.52. The molecule has 2 N–H and O–H groups in total. The fraction of sp³-hybridized carbons (Fsp3) is 0.938. The Kier molecular flexibility index (Phi) is 11.8. The molecule has 124 valence electrons. The van der Waals surface area contributed by atoms with Crippen molar-refractivity contribution in [3.05, 3.63) is 0 Å². The average Bonchev–Trinajstić information content (AvgIpc) is 2.78. The minimum Gasteiger partial charge on any atom is -0.356 e. The predicted molar refractivity (Wildman–Crippen MR) is 96.5 cm³/mol. The first-order chi connectivity index (χ1) is 10.4. The molecule has 1 aliphatic heterocycles. The van der Waals surface area contributed by atoms with Crippen LogP contribution in [0.2, 0.25) is 0 Å². The van der Waals surface area contributed by atoms with Gasteiger partial charge in [0.05, 0.1) is 0 Å². The van der Waals surface area contributed by atoms with Gasteiger partial charge in [0.2, 0.25) is 0 Å². The van der Waals surface area contributed by atoms with E-state index in [0.29, 0.717) is 0 Å². The molecule has 1 saturated heterocycles. The Bertz CT molecular complexity index is 263. The van der Waals surface area contributed by atoms with Crippen LogP contribution in [-0.4, -0.2) is 62.6 Å². The van der Waals surface area contributed by atoms with Crippen LogP contribution in [-0.2, 0) is 0 Å². The quantitative estimate of drug-likeness (QED) is 0.390. The molecule has 0 spiro atoms. The van der Waals surface area contributed by atoms with Gasteiger partial charge >= 0.3 is 0 Å². The molecule has 0 atom stereocenters. The number of nitrogens with zero attached hydrogens (tertiary/aromatic N) is 2. The zero-order valence-corrected chi connectivity index (χ0v) is 14.8. The summed E-state index contributed by atoms with van der Waals surface area (Å²) in [7, 11) is 1.85. The zero-order chi connectivity index (χ0) is 15.2. The van der Waals surface area contributed by atoms with E-state index in [1.165, 1.54) is 70.3 Å². The Morgan fingerprint density at radius 2 is 1.67 bits per heavy atom. The van der Waals surface area contributed by atoms with Gasteiger partial charge in [-0.05, 0) is 63.7 Å². The summed E-state index contributed by atoms with van der Waals surface area (Å²) in [4.78, 5) is 6.90. The Hall–Kier alpha value is -0.420. The number of unbranched alkanes of at least 4 members (excludes halogenated alkanes) is 1. The van der Waals surface area contributed by atoms with Gasteiger partial charge in [-0.2, -0.15) is 11.8 Å². The maximum atomic E-state index is 4.28. The van der Waals surface area contributed by atoms with Crippen molar-refractivity contribution in [3.8, 4) is 0 Å². The third kappa shape index (κ3) is 10.0. The topological polar surface area (TPSA) is 39.7 Å². The second-order valence-electron chi connectivity index (χ2n) is 5.74. The normalized spacial score (nSPS) is 17.5. The predicted octanol–water partition coefficient (Wildman–Crippen LogP) is 2.56. The van der Waals surface area contributed by atoms with Crippen molar-refractivity contribution in [3.63, 3.8) is 0 Å². The lowest BCUT2D eigenvalue weighted by atomic mass is 10.2. The molecule has 4 nitrogen and oxygen atoms in total. The molecule has 0 radical (unpaired) electrons. The molecular weight excluding hydrogens is 280 g/mol. The van der Waals surface area contributed by atoms with Crippen molar-refractivity contribution < 1.29 is 0 Å². The lowest BCUT2D eigenvalue weighted by molar-refractivity contribution is 0.282. The van der Waals surface area contributed by atoms with Crippen LogP contribution in [0.3, 0.4) is 0 Å². The average molecular weight is 315 g/mol. The molecule has 21 heavy (non-hydrogen) atoms. The molecule has 0 unspecified atom stereocenters. The van der Waals surface area contributed by atoms with Crippen LogP contribution < -0.4 is 10.6 Å². The van der Waals surface area contributed by atoms with E-state index in [1.807, 2.05) is 18.8 Å². The van der Waals surface area contributed by atoms with E-state index < -0.39 is 0 Å². The van der Waals surface area contributed by atoms with Gasteiger partial charge in [0.15, 0.2) is 5.96 Å². The van der Waals surface area contributed by atoms with Crippen LogP contribution >= 0.6 is 11.8 Å².